The van der Waals surface area contributed by atoms with Crippen molar-refractivity contribution >= 4 is 23.0 Å². The number of ether oxygens (including phenoxy) is 1. The first kappa shape index (κ1) is 16.4. The Bertz CT molecular complexity index is 913. The van der Waals surface area contributed by atoms with Crippen molar-refractivity contribution in [2.24, 2.45) is 0 Å². The summed E-state index contributed by atoms with van der Waals surface area (Å²) < 4.78 is 10.9. The number of methoxy groups -OCH3 is 1. The van der Waals surface area contributed by atoms with Gasteiger partial charge in [0.1, 0.15) is 5.75 Å². The first-order valence-electron chi connectivity index (χ1n) is 8.42. The summed E-state index contributed by atoms with van der Waals surface area (Å²) in [6.07, 6.45) is 2.97. The monoisotopic (exact) mass is 351 g/mol. The molecule has 0 saturated heterocycles. The maximum Gasteiger partial charge on any atom is 0.119 e. The molecular weight excluding hydrogens is 330 g/mol. The minimum absolute atomic E-state index is 0.858. The second-order valence-electron chi connectivity index (χ2n) is 6.13. The fraction of sp³-hybridized carbons (Fsp3) is 0.250. The van der Waals surface area contributed by atoms with Gasteiger partial charge in [-0.2, -0.15) is 0 Å². The lowest BCUT2D eigenvalue weighted by Crippen LogP contribution is -2.27. The average molecular weight is 351 g/mol. The molecule has 25 heavy (non-hydrogen) atoms. The second-order valence-corrected chi connectivity index (χ2v) is 7.24. The standard InChI is InChI=1S/C20H21N3OS/c1-21-25-23-10-8-14-3-4-15(11-16(14)13-23)18-7-9-22-20-6-5-17(24-2)12-19(18)20/h3-7,9,11-12,21H,8,10,13H2,1-2H3. The van der Waals surface area contributed by atoms with Crippen LogP contribution in [0.2, 0.25) is 0 Å². The minimum atomic E-state index is 0.858. The Balaban J connectivity index is 1.78. The molecule has 0 radical (unpaired) electrons. The van der Waals surface area contributed by atoms with Crippen LogP contribution in [-0.2, 0) is 13.0 Å². The van der Waals surface area contributed by atoms with E-state index in [1.54, 1.807) is 19.2 Å². The van der Waals surface area contributed by atoms with Gasteiger partial charge in [-0.25, -0.2) is 4.31 Å². The predicted molar refractivity (Wildman–Crippen MR) is 104 cm³/mol. The molecule has 4 rings (SSSR count). The SMILES string of the molecule is CNSN1CCc2ccc(-c3ccnc4ccc(OC)cc34)cc2C1. The highest BCUT2D eigenvalue weighted by Gasteiger charge is 2.17. The Hall–Kier alpha value is -2.08. The van der Waals surface area contributed by atoms with E-state index in [9.17, 15) is 0 Å². The van der Waals surface area contributed by atoms with Gasteiger partial charge >= 0.3 is 0 Å². The molecular formula is C20H21N3OS. The molecule has 0 amide bonds. The lowest BCUT2D eigenvalue weighted by Gasteiger charge is -2.27. The number of hydrogen-bond donors (Lipinski definition) is 1. The van der Waals surface area contributed by atoms with Crippen molar-refractivity contribution < 1.29 is 4.74 Å². The normalized spacial score (nSPS) is 14.5. The highest BCUT2D eigenvalue weighted by Crippen LogP contribution is 2.33. The molecule has 0 saturated carbocycles. The molecule has 1 N–H and O–H groups in total. The smallest absolute Gasteiger partial charge is 0.119 e. The Morgan fingerprint density at radius 2 is 2.04 bits per heavy atom. The zero-order valence-electron chi connectivity index (χ0n) is 14.5. The molecule has 0 unspecified atom stereocenters. The van der Waals surface area contributed by atoms with Gasteiger partial charge in [-0.3, -0.25) is 9.71 Å². The number of hydrogen-bond acceptors (Lipinski definition) is 5. The van der Waals surface area contributed by atoms with E-state index in [1.165, 1.54) is 22.3 Å². The van der Waals surface area contributed by atoms with Crippen LogP contribution in [0, 0.1) is 0 Å². The molecule has 128 valence electrons. The van der Waals surface area contributed by atoms with Crippen LogP contribution in [-0.4, -0.2) is 30.0 Å². The van der Waals surface area contributed by atoms with Crippen molar-refractivity contribution in [3.63, 3.8) is 0 Å². The summed E-state index contributed by atoms with van der Waals surface area (Å²) in [5, 5.41) is 1.12. The molecule has 0 fully saturated rings. The molecule has 0 aliphatic carbocycles. The Morgan fingerprint density at radius 3 is 2.88 bits per heavy atom. The van der Waals surface area contributed by atoms with Gasteiger partial charge < -0.3 is 4.74 Å². The van der Waals surface area contributed by atoms with E-state index in [4.69, 9.17) is 4.74 Å². The molecule has 5 heteroatoms. The first-order chi connectivity index (χ1) is 12.3. The van der Waals surface area contributed by atoms with E-state index >= 15 is 0 Å². The number of pyridine rings is 1. The summed E-state index contributed by atoms with van der Waals surface area (Å²) in [5.41, 5.74) is 6.27. The predicted octanol–water partition coefficient (Wildman–Crippen LogP) is 4.05. The quantitative estimate of drug-likeness (QED) is 0.718. The van der Waals surface area contributed by atoms with Gasteiger partial charge in [0.05, 0.1) is 12.6 Å². The van der Waals surface area contributed by atoms with Crippen LogP contribution in [0.25, 0.3) is 22.0 Å². The summed E-state index contributed by atoms with van der Waals surface area (Å²) in [6, 6.07) is 15.0. The van der Waals surface area contributed by atoms with Crippen LogP contribution < -0.4 is 9.46 Å². The third-order valence-corrected chi connectivity index (χ3v) is 5.42. The van der Waals surface area contributed by atoms with Gasteiger partial charge in [0.2, 0.25) is 0 Å². The molecule has 0 spiro atoms. The summed E-state index contributed by atoms with van der Waals surface area (Å²) in [4.78, 5) is 4.49. The van der Waals surface area contributed by atoms with Gasteiger partial charge in [0, 0.05) is 36.8 Å². The zero-order chi connectivity index (χ0) is 17.2. The van der Waals surface area contributed by atoms with Crippen molar-refractivity contribution in [2.45, 2.75) is 13.0 Å². The second kappa shape index (κ2) is 7.04. The van der Waals surface area contributed by atoms with Crippen LogP contribution in [0.4, 0.5) is 0 Å². The number of aromatic nitrogens is 1. The third-order valence-electron chi connectivity index (χ3n) is 4.66. The molecule has 1 aromatic heterocycles. The molecule has 1 aliphatic heterocycles. The van der Waals surface area contributed by atoms with Crippen molar-refractivity contribution in [2.75, 3.05) is 20.7 Å². The lowest BCUT2D eigenvalue weighted by atomic mass is 9.94. The van der Waals surface area contributed by atoms with Gasteiger partial charge in [-0.05, 0) is 66.1 Å². The first-order valence-corrected chi connectivity index (χ1v) is 9.19. The summed E-state index contributed by atoms with van der Waals surface area (Å²) >= 11 is 1.68. The Morgan fingerprint density at radius 1 is 1.12 bits per heavy atom. The van der Waals surface area contributed by atoms with Crippen LogP contribution in [0.15, 0.2) is 48.7 Å². The van der Waals surface area contributed by atoms with Crippen molar-refractivity contribution in [1.82, 2.24) is 14.0 Å². The van der Waals surface area contributed by atoms with Gasteiger partial charge in [0.25, 0.3) is 0 Å². The number of nitrogens with zero attached hydrogens (tertiary/aromatic N) is 2. The topological polar surface area (TPSA) is 37.4 Å². The van der Waals surface area contributed by atoms with Crippen LogP contribution in [0.5, 0.6) is 5.75 Å². The molecule has 2 heterocycles. The van der Waals surface area contributed by atoms with Gasteiger partial charge in [-0.15, -0.1) is 0 Å². The van der Waals surface area contributed by atoms with Gasteiger partial charge in [-0.1, -0.05) is 12.1 Å². The molecule has 3 aromatic rings. The summed E-state index contributed by atoms with van der Waals surface area (Å²) in [5.74, 6) is 0.858. The van der Waals surface area contributed by atoms with E-state index in [0.717, 1.165) is 36.2 Å². The third kappa shape index (κ3) is 3.23. The number of benzene rings is 2. The average Bonchev–Trinajstić information content (AvgIpc) is 2.66. The summed E-state index contributed by atoms with van der Waals surface area (Å²) in [7, 11) is 3.66. The van der Waals surface area contributed by atoms with Crippen LogP contribution >= 0.6 is 12.1 Å². The van der Waals surface area contributed by atoms with E-state index in [0.29, 0.717) is 0 Å². The fourth-order valence-electron chi connectivity index (χ4n) is 3.41. The minimum Gasteiger partial charge on any atom is -0.497 e. The molecule has 1 aliphatic rings. The van der Waals surface area contributed by atoms with Crippen molar-refractivity contribution in [1.29, 1.82) is 0 Å². The molecule has 4 nitrogen and oxygen atoms in total. The molecule has 0 atom stereocenters. The largest absolute Gasteiger partial charge is 0.497 e. The highest BCUT2D eigenvalue weighted by molar-refractivity contribution is 7.95. The van der Waals surface area contributed by atoms with Crippen LogP contribution in [0.3, 0.4) is 0 Å². The number of fused-ring (bicyclic) bond motifs is 2. The van der Waals surface area contributed by atoms with Crippen molar-refractivity contribution in [3.05, 3.63) is 59.8 Å². The van der Waals surface area contributed by atoms with Gasteiger partial charge in [0.15, 0.2) is 0 Å². The maximum atomic E-state index is 5.40. The zero-order valence-corrected chi connectivity index (χ0v) is 15.3. The van der Waals surface area contributed by atoms with E-state index in [2.05, 4.69) is 44.3 Å². The highest BCUT2D eigenvalue weighted by atomic mass is 32.2. The molecule has 2 aromatic carbocycles. The fourth-order valence-corrected chi connectivity index (χ4v) is 4.05. The summed E-state index contributed by atoms with van der Waals surface area (Å²) in [6.45, 7) is 2.04. The maximum absolute atomic E-state index is 5.40. The van der Waals surface area contributed by atoms with E-state index < -0.39 is 0 Å². The Labute approximate surface area is 152 Å². The number of rotatable bonds is 4. The molecule has 0 bridgehead atoms. The number of nitrogens with one attached hydrogen (secondary N) is 1. The van der Waals surface area contributed by atoms with Crippen LogP contribution in [0.1, 0.15) is 11.1 Å². The Kier molecular flexibility index (Phi) is 4.61. The van der Waals surface area contributed by atoms with E-state index in [-0.39, 0.29) is 0 Å². The van der Waals surface area contributed by atoms with E-state index in [1.807, 2.05) is 25.4 Å². The lowest BCUT2D eigenvalue weighted by molar-refractivity contribution is 0.415. The van der Waals surface area contributed by atoms with Crippen molar-refractivity contribution in [3.8, 4) is 16.9 Å².